The minimum Gasteiger partial charge on any atom is -0.346 e. The number of carbonyl (C=O) groups excluding carboxylic acids is 1. The second kappa shape index (κ2) is 8.39. The van der Waals surface area contributed by atoms with Gasteiger partial charge >= 0.3 is 0 Å². The Labute approximate surface area is 187 Å². The molecule has 0 N–H and O–H groups in total. The number of nitrogens with zero attached hydrogens (tertiary/aromatic N) is 5. The minimum atomic E-state index is -0.273. The molecule has 0 spiro atoms. The first kappa shape index (κ1) is 20.1. The number of halogens is 1. The predicted octanol–water partition coefficient (Wildman–Crippen LogP) is 4.27. The Hall–Kier alpha value is -2.78. The second-order valence-electron chi connectivity index (χ2n) is 7.60. The van der Waals surface area contributed by atoms with Crippen LogP contribution < -0.4 is 4.90 Å². The van der Waals surface area contributed by atoms with Crippen molar-refractivity contribution < 1.29 is 9.18 Å². The van der Waals surface area contributed by atoms with Gasteiger partial charge in [0.05, 0.1) is 22.5 Å². The smallest absolute Gasteiger partial charge is 0.227 e. The molecule has 0 bridgehead atoms. The molecule has 1 fully saturated rings. The first-order valence-corrected chi connectivity index (χ1v) is 12.0. The molecular formula is C22H22FN5OS2. The summed E-state index contributed by atoms with van der Waals surface area (Å²) < 4.78 is 16.1. The molecule has 9 heteroatoms. The standard InChI is InChI=1S/C22H22FN5OS2/c1-15-20-21(28(25-15)17-7-5-16(23)6-8-17)24-22(31-20)27-10-3-9-26(11-12-27)19(29)14-18-4-2-13-30-18/h2,4-8,13H,3,9-12,14H2,1H3. The maximum Gasteiger partial charge on any atom is 0.227 e. The lowest BCUT2D eigenvalue weighted by Crippen LogP contribution is -2.36. The van der Waals surface area contributed by atoms with Crippen LogP contribution >= 0.6 is 22.7 Å². The quantitative estimate of drug-likeness (QED) is 0.461. The molecule has 0 atom stereocenters. The van der Waals surface area contributed by atoms with Crippen molar-refractivity contribution in [3.8, 4) is 5.69 Å². The molecule has 31 heavy (non-hydrogen) atoms. The average molecular weight is 456 g/mol. The van der Waals surface area contributed by atoms with Crippen LogP contribution in [0.15, 0.2) is 41.8 Å². The van der Waals surface area contributed by atoms with Gasteiger partial charge in [-0.2, -0.15) is 10.1 Å². The van der Waals surface area contributed by atoms with E-state index < -0.39 is 0 Å². The maximum absolute atomic E-state index is 13.3. The Bertz CT molecular complexity index is 1200. The largest absolute Gasteiger partial charge is 0.346 e. The lowest BCUT2D eigenvalue weighted by Gasteiger charge is -2.21. The Morgan fingerprint density at radius 3 is 2.74 bits per heavy atom. The van der Waals surface area contributed by atoms with Crippen LogP contribution in [0.5, 0.6) is 0 Å². The second-order valence-corrected chi connectivity index (χ2v) is 9.61. The summed E-state index contributed by atoms with van der Waals surface area (Å²) in [5.41, 5.74) is 2.49. The molecule has 6 nitrogen and oxygen atoms in total. The molecule has 1 aromatic carbocycles. The number of rotatable bonds is 4. The summed E-state index contributed by atoms with van der Waals surface area (Å²) in [5, 5.41) is 7.55. The molecule has 3 aromatic heterocycles. The molecule has 5 rings (SSSR count). The number of thiazole rings is 1. The molecule has 160 valence electrons. The number of benzene rings is 1. The van der Waals surface area contributed by atoms with Crippen LogP contribution in [0.1, 0.15) is 17.0 Å². The highest BCUT2D eigenvalue weighted by molar-refractivity contribution is 7.22. The summed E-state index contributed by atoms with van der Waals surface area (Å²) in [7, 11) is 0. The molecule has 1 aliphatic heterocycles. The molecule has 1 amide bonds. The Morgan fingerprint density at radius 2 is 1.97 bits per heavy atom. The summed E-state index contributed by atoms with van der Waals surface area (Å²) in [6.45, 7) is 5.06. The maximum atomic E-state index is 13.3. The Morgan fingerprint density at radius 1 is 1.13 bits per heavy atom. The van der Waals surface area contributed by atoms with Crippen LogP contribution in [0.3, 0.4) is 0 Å². The predicted molar refractivity (Wildman–Crippen MR) is 123 cm³/mol. The number of carbonyl (C=O) groups is 1. The molecular weight excluding hydrogens is 433 g/mol. The first-order valence-electron chi connectivity index (χ1n) is 10.3. The molecule has 0 unspecified atom stereocenters. The monoisotopic (exact) mass is 455 g/mol. The van der Waals surface area contributed by atoms with Crippen molar-refractivity contribution in [1.29, 1.82) is 0 Å². The van der Waals surface area contributed by atoms with Gasteiger partial charge in [-0.3, -0.25) is 4.79 Å². The van der Waals surface area contributed by atoms with Crippen molar-refractivity contribution in [2.75, 3.05) is 31.1 Å². The van der Waals surface area contributed by atoms with Crippen LogP contribution in [0.25, 0.3) is 16.0 Å². The Kier molecular flexibility index (Phi) is 5.45. The number of aryl methyl sites for hydroxylation is 1. The van der Waals surface area contributed by atoms with Gasteiger partial charge in [-0.15, -0.1) is 11.3 Å². The van der Waals surface area contributed by atoms with Gasteiger partial charge in [0.2, 0.25) is 5.91 Å². The van der Waals surface area contributed by atoms with E-state index >= 15 is 0 Å². The third-order valence-electron chi connectivity index (χ3n) is 5.47. The summed E-state index contributed by atoms with van der Waals surface area (Å²) in [6.07, 6.45) is 1.39. The van der Waals surface area contributed by atoms with E-state index in [2.05, 4.69) is 10.00 Å². The third kappa shape index (κ3) is 4.07. The normalized spacial score (nSPS) is 14.9. The van der Waals surface area contributed by atoms with Crippen LogP contribution in [0.4, 0.5) is 9.52 Å². The molecule has 1 aliphatic rings. The van der Waals surface area contributed by atoms with Gasteiger partial charge in [0.1, 0.15) is 5.82 Å². The number of aromatic nitrogens is 3. The molecule has 4 aromatic rings. The third-order valence-corrected chi connectivity index (χ3v) is 7.56. The van der Waals surface area contributed by atoms with Gasteiger partial charge in [0.25, 0.3) is 0 Å². The molecule has 1 saturated heterocycles. The number of amides is 1. The van der Waals surface area contributed by atoms with Gasteiger partial charge in [-0.1, -0.05) is 17.4 Å². The summed E-state index contributed by atoms with van der Waals surface area (Å²) in [4.78, 5) is 22.9. The van der Waals surface area contributed by atoms with Crippen molar-refractivity contribution in [3.05, 3.63) is 58.2 Å². The molecule has 0 radical (unpaired) electrons. The highest BCUT2D eigenvalue weighted by atomic mass is 32.1. The van der Waals surface area contributed by atoms with E-state index in [-0.39, 0.29) is 11.7 Å². The summed E-state index contributed by atoms with van der Waals surface area (Å²) in [5.74, 6) is -0.0815. The van der Waals surface area contributed by atoms with Crippen molar-refractivity contribution in [2.24, 2.45) is 0 Å². The first-order chi connectivity index (χ1) is 15.1. The number of thiophene rings is 1. The van der Waals surface area contributed by atoms with E-state index in [4.69, 9.17) is 4.98 Å². The van der Waals surface area contributed by atoms with Gasteiger partial charge in [-0.25, -0.2) is 9.07 Å². The highest BCUT2D eigenvalue weighted by Gasteiger charge is 2.23. The SMILES string of the molecule is Cc1nn(-c2ccc(F)cc2)c2nc(N3CCCN(C(=O)Cc4cccs4)CC3)sc12. The van der Waals surface area contributed by atoms with Gasteiger partial charge in [0.15, 0.2) is 10.8 Å². The van der Waals surface area contributed by atoms with Gasteiger partial charge in [0, 0.05) is 31.1 Å². The summed E-state index contributed by atoms with van der Waals surface area (Å²) in [6, 6.07) is 10.3. The lowest BCUT2D eigenvalue weighted by atomic mass is 10.3. The zero-order valence-electron chi connectivity index (χ0n) is 17.1. The summed E-state index contributed by atoms with van der Waals surface area (Å²) >= 11 is 3.25. The van der Waals surface area contributed by atoms with E-state index in [1.165, 1.54) is 12.1 Å². The fourth-order valence-electron chi connectivity index (χ4n) is 3.85. The Balaban J connectivity index is 1.34. The van der Waals surface area contributed by atoms with Gasteiger partial charge < -0.3 is 9.80 Å². The van der Waals surface area contributed by atoms with Crippen LogP contribution in [-0.2, 0) is 11.2 Å². The zero-order chi connectivity index (χ0) is 21.4. The van der Waals surface area contributed by atoms with E-state index in [0.29, 0.717) is 13.0 Å². The fourth-order valence-corrected chi connectivity index (χ4v) is 5.59. The van der Waals surface area contributed by atoms with Crippen LogP contribution in [-0.4, -0.2) is 51.8 Å². The van der Waals surface area contributed by atoms with E-state index in [1.54, 1.807) is 39.5 Å². The van der Waals surface area contributed by atoms with E-state index in [1.807, 2.05) is 29.3 Å². The zero-order valence-corrected chi connectivity index (χ0v) is 18.8. The lowest BCUT2D eigenvalue weighted by molar-refractivity contribution is -0.130. The molecule has 4 heterocycles. The van der Waals surface area contributed by atoms with Crippen molar-refractivity contribution in [2.45, 2.75) is 19.8 Å². The molecule has 0 saturated carbocycles. The van der Waals surface area contributed by atoms with E-state index in [9.17, 15) is 9.18 Å². The number of hydrogen-bond donors (Lipinski definition) is 0. The highest BCUT2D eigenvalue weighted by Crippen LogP contribution is 2.33. The van der Waals surface area contributed by atoms with Crippen LogP contribution in [0.2, 0.25) is 0 Å². The fraction of sp³-hybridized carbons (Fsp3) is 0.318. The minimum absolute atomic E-state index is 0.191. The number of fused-ring (bicyclic) bond motifs is 1. The van der Waals surface area contributed by atoms with Gasteiger partial charge in [-0.05, 0) is 49.1 Å². The number of hydrogen-bond acceptors (Lipinski definition) is 6. The van der Waals surface area contributed by atoms with Crippen molar-refractivity contribution >= 4 is 44.1 Å². The van der Waals surface area contributed by atoms with Crippen molar-refractivity contribution in [3.63, 3.8) is 0 Å². The van der Waals surface area contributed by atoms with Crippen molar-refractivity contribution in [1.82, 2.24) is 19.7 Å². The van der Waals surface area contributed by atoms with Crippen LogP contribution in [0, 0.1) is 12.7 Å². The topological polar surface area (TPSA) is 54.3 Å². The average Bonchev–Trinajstić information content (AvgIpc) is 3.44. The molecule has 0 aliphatic carbocycles. The van der Waals surface area contributed by atoms with E-state index in [0.717, 1.165) is 57.8 Å². The number of anilines is 1.